The smallest absolute Gasteiger partial charge is 0.326 e. The average molecular weight is 632 g/mol. The van der Waals surface area contributed by atoms with E-state index in [2.05, 4.69) is 31.1 Å². The van der Waals surface area contributed by atoms with Crippen LogP contribution in [0.4, 0.5) is 0 Å². The van der Waals surface area contributed by atoms with Crippen LogP contribution in [0.5, 0.6) is 0 Å². The highest BCUT2D eigenvalue weighted by atomic mass is 16.2. The molecule has 4 heterocycles. The number of fused-ring (bicyclic) bond motifs is 2. The van der Waals surface area contributed by atoms with Crippen LogP contribution in [0.1, 0.15) is 72.4 Å². The number of amides is 4. The number of benzene rings is 1. The Morgan fingerprint density at radius 2 is 1.76 bits per heavy atom. The van der Waals surface area contributed by atoms with E-state index >= 15 is 0 Å². The Kier molecular flexibility index (Phi) is 10.1. The molecule has 244 valence electrons. The molecule has 4 amide bonds. The molecule has 1 aliphatic rings. The van der Waals surface area contributed by atoms with Gasteiger partial charge in [0.25, 0.3) is 11.8 Å². The van der Waals surface area contributed by atoms with Gasteiger partial charge in [-0.25, -0.2) is 4.79 Å². The first-order valence-corrected chi connectivity index (χ1v) is 15.9. The number of aromatic nitrogens is 5. The summed E-state index contributed by atoms with van der Waals surface area (Å²) in [5.41, 5.74) is 2.86. The number of carbonyl (C=O) groups is 4. The van der Waals surface area contributed by atoms with E-state index in [0.29, 0.717) is 91.8 Å². The van der Waals surface area contributed by atoms with Gasteiger partial charge >= 0.3 is 5.69 Å². The van der Waals surface area contributed by atoms with Crippen molar-refractivity contribution in [2.75, 3.05) is 26.2 Å². The number of nitrogens with one attached hydrogen (secondary N) is 4. The highest BCUT2D eigenvalue weighted by Crippen LogP contribution is 2.18. The Morgan fingerprint density at radius 1 is 1.00 bits per heavy atom. The number of carbonyl (C=O) groups excluding carboxylic acids is 4. The summed E-state index contributed by atoms with van der Waals surface area (Å²) in [5, 5.41) is 17.3. The van der Waals surface area contributed by atoms with Crippen LogP contribution in [0.3, 0.4) is 0 Å². The summed E-state index contributed by atoms with van der Waals surface area (Å²) in [7, 11) is 0. The molecule has 0 saturated heterocycles. The van der Waals surface area contributed by atoms with Crippen LogP contribution < -0.4 is 21.6 Å². The predicted molar refractivity (Wildman–Crippen MR) is 171 cm³/mol. The van der Waals surface area contributed by atoms with Gasteiger partial charge in [0.05, 0.1) is 22.3 Å². The molecular weight excluding hydrogens is 590 g/mol. The first-order valence-electron chi connectivity index (χ1n) is 15.9. The van der Waals surface area contributed by atoms with Gasteiger partial charge in [0.1, 0.15) is 11.6 Å². The van der Waals surface area contributed by atoms with Gasteiger partial charge in [-0.1, -0.05) is 20.3 Å². The molecule has 0 fully saturated rings. The third kappa shape index (κ3) is 7.11. The Labute approximate surface area is 265 Å². The summed E-state index contributed by atoms with van der Waals surface area (Å²) in [6, 6.07) is 7.85. The van der Waals surface area contributed by atoms with Crippen LogP contribution in [0, 0.1) is 12.8 Å². The summed E-state index contributed by atoms with van der Waals surface area (Å²) in [5.74, 6) is -1.19. The maximum Gasteiger partial charge on any atom is 0.326 e. The third-order valence-corrected chi connectivity index (χ3v) is 8.52. The fraction of sp³-hybridized carbons (Fsp3) is 0.469. The van der Waals surface area contributed by atoms with Crippen LogP contribution in [0.2, 0.25) is 0 Å². The van der Waals surface area contributed by atoms with Crippen molar-refractivity contribution in [2.24, 2.45) is 5.92 Å². The van der Waals surface area contributed by atoms with E-state index in [1.54, 1.807) is 52.9 Å². The fourth-order valence-electron chi connectivity index (χ4n) is 5.77. The first-order chi connectivity index (χ1) is 22.2. The molecule has 14 heteroatoms. The molecule has 0 saturated carbocycles. The summed E-state index contributed by atoms with van der Waals surface area (Å²) in [4.78, 5) is 70.3. The first kappa shape index (κ1) is 32.4. The number of hydrogen-bond donors (Lipinski definition) is 4. The predicted octanol–water partition coefficient (Wildman–Crippen LogP) is 1.77. The van der Waals surface area contributed by atoms with Gasteiger partial charge in [-0.15, -0.1) is 0 Å². The number of hydrogen-bond acceptors (Lipinski definition) is 7. The Morgan fingerprint density at radius 3 is 2.57 bits per heavy atom. The molecule has 46 heavy (non-hydrogen) atoms. The highest BCUT2D eigenvalue weighted by molar-refractivity contribution is 6.02. The average Bonchev–Trinajstić information content (AvgIpc) is 3.55. The lowest BCUT2D eigenvalue weighted by Gasteiger charge is -2.25. The lowest BCUT2D eigenvalue weighted by Crippen LogP contribution is -2.50. The van der Waals surface area contributed by atoms with E-state index in [9.17, 15) is 24.0 Å². The highest BCUT2D eigenvalue weighted by Gasteiger charge is 2.27. The SMILES string of the molecule is CC[C@H](C)[C@@H]1NC(=O)CCCN(C(=O)c2c(C)nn3ncccc23)CCCNC(=O)c2ccc3[nH]c(=O)n(c3c2)CCCNC1=O. The van der Waals surface area contributed by atoms with E-state index in [1.165, 1.54) is 4.63 Å². The van der Waals surface area contributed by atoms with Gasteiger partial charge in [0.15, 0.2) is 0 Å². The van der Waals surface area contributed by atoms with Gasteiger partial charge < -0.3 is 25.8 Å². The molecule has 5 rings (SSSR count). The molecular formula is C32H41N9O5. The molecule has 2 atom stereocenters. The minimum atomic E-state index is -0.714. The van der Waals surface area contributed by atoms with Crippen molar-refractivity contribution >= 4 is 40.2 Å². The quantitative estimate of drug-likeness (QED) is 0.266. The second-order valence-electron chi connectivity index (χ2n) is 11.8. The van der Waals surface area contributed by atoms with E-state index in [0.717, 1.165) is 0 Å². The Hall–Kier alpha value is -5.01. The van der Waals surface area contributed by atoms with E-state index in [4.69, 9.17) is 0 Å². The topological polar surface area (TPSA) is 176 Å². The molecule has 14 nitrogen and oxygen atoms in total. The zero-order chi connectivity index (χ0) is 32.8. The molecule has 3 aromatic heterocycles. The fourth-order valence-corrected chi connectivity index (χ4v) is 5.77. The Bertz CT molecular complexity index is 1810. The molecule has 0 spiro atoms. The van der Waals surface area contributed by atoms with Crippen molar-refractivity contribution in [3.8, 4) is 0 Å². The van der Waals surface area contributed by atoms with Crippen LogP contribution in [-0.2, 0) is 16.1 Å². The molecule has 0 radical (unpaired) electrons. The van der Waals surface area contributed by atoms with E-state index in [1.807, 2.05) is 13.8 Å². The van der Waals surface area contributed by atoms with E-state index in [-0.39, 0.29) is 41.7 Å². The molecule has 1 aliphatic heterocycles. The maximum atomic E-state index is 13.9. The van der Waals surface area contributed by atoms with Crippen molar-refractivity contribution in [2.45, 2.75) is 65.5 Å². The number of aryl methyl sites for hydroxylation is 2. The van der Waals surface area contributed by atoms with Crippen LogP contribution >= 0.6 is 0 Å². The number of H-pyrrole nitrogens is 1. The second-order valence-corrected chi connectivity index (χ2v) is 11.8. The summed E-state index contributed by atoms with van der Waals surface area (Å²) >= 11 is 0. The minimum absolute atomic E-state index is 0.101. The number of rotatable bonds is 3. The summed E-state index contributed by atoms with van der Waals surface area (Å²) in [6.45, 7) is 7.19. The van der Waals surface area contributed by atoms with Gasteiger partial charge in [0.2, 0.25) is 11.8 Å². The van der Waals surface area contributed by atoms with Gasteiger partial charge in [-0.05, 0) is 62.4 Å². The summed E-state index contributed by atoms with van der Waals surface area (Å²) < 4.78 is 2.97. The maximum absolute atomic E-state index is 13.9. The number of imidazole rings is 1. The lowest BCUT2D eigenvalue weighted by molar-refractivity contribution is -0.130. The minimum Gasteiger partial charge on any atom is -0.354 e. The van der Waals surface area contributed by atoms with Gasteiger partial charge in [0, 0.05) is 50.9 Å². The van der Waals surface area contributed by atoms with Gasteiger partial charge in [-0.3, -0.25) is 23.7 Å². The van der Waals surface area contributed by atoms with Crippen molar-refractivity contribution in [1.29, 1.82) is 0 Å². The normalized spacial score (nSPS) is 18.5. The van der Waals surface area contributed by atoms with E-state index < -0.39 is 6.04 Å². The standard InChI is InChI=1S/C32H41N9O5/c1-4-20(2)28-30(44)34-14-8-18-40-25-19-22(11-12-23(25)36-32(40)46)29(43)33-13-7-17-39(16-6-10-26(42)37-28)31(45)27-21(3)38-41-24(27)9-5-15-35-41/h5,9,11-12,15,19-20,28H,4,6-8,10,13-14,16-18H2,1-3H3,(H,33,43)(H,34,44)(H,36,46)(H,37,42)/t20-,28-/m0/s1. The van der Waals surface area contributed by atoms with Crippen molar-refractivity contribution in [3.05, 3.63) is 63.8 Å². The Balaban J connectivity index is 1.39. The third-order valence-electron chi connectivity index (χ3n) is 8.52. The van der Waals surface area contributed by atoms with Crippen LogP contribution in [-0.4, -0.2) is 85.1 Å². The van der Waals surface area contributed by atoms with Crippen molar-refractivity contribution < 1.29 is 19.2 Å². The van der Waals surface area contributed by atoms with Crippen molar-refractivity contribution in [3.63, 3.8) is 0 Å². The zero-order valence-electron chi connectivity index (χ0n) is 26.5. The lowest BCUT2D eigenvalue weighted by atomic mass is 9.98. The molecule has 0 unspecified atom stereocenters. The molecule has 1 aromatic carbocycles. The van der Waals surface area contributed by atoms with Gasteiger partial charge in [-0.2, -0.15) is 14.8 Å². The zero-order valence-corrected chi connectivity index (χ0v) is 26.5. The molecule has 0 aliphatic carbocycles. The van der Waals surface area contributed by atoms with Crippen LogP contribution in [0.15, 0.2) is 41.3 Å². The largest absolute Gasteiger partial charge is 0.354 e. The molecule has 4 N–H and O–H groups in total. The molecule has 4 aromatic rings. The monoisotopic (exact) mass is 631 g/mol. The summed E-state index contributed by atoms with van der Waals surface area (Å²) in [6.07, 6.45) is 3.72. The second kappa shape index (κ2) is 14.4. The number of nitrogens with zero attached hydrogens (tertiary/aromatic N) is 5. The number of aromatic amines is 1. The van der Waals surface area contributed by atoms with Crippen molar-refractivity contribution in [1.82, 2.24) is 45.2 Å². The van der Waals surface area contributed by atoms with Crippen LogP contribution in [0.25, 0.3) is 16.6 Å². The molecule has 2 bridgehead atoms.